The van der Waals surface area contributed by atoms with E-state index in [2.05, 4.69) is 60.8 Å². The van der Waals surface area contributed by atoms with E-state index in [0.717, 1.165) is 17.0 Å². The third-order valence-electron chi connectivity index (χ3n) is 3.76. The lowest BCUT2D eigenvalue weighted by atomic mass is 9.93. The second-order valence-corrected chi connectivity index (χ2v) is 5.49. The van der Waals surface area contributed by atoms with Crippen molar-refractivity contribution < 1.29 is 0 Å². The van der Waals surface area contributed by atoms with E-state index < -0.39 is 0 Å². The van der Waals surface area contributed by atoms with Crippen molar-refractivity contribution in [3.05, 3.63) is 82.9 Å². The van der Waals surface area contributed by atoms with E-state index in [1.807, 2.05) is 18.2 Å². The van der Waals surface area contributed by atoms with Crippen LogP contribution in [-0.4, -0.2) is 6.54 Å². The van der Waals surface area contributed by atoms with Crippen LogP contribution in [0.15, 0.2) is 66.7 Å². The highest BCUT2D eigenvalue weighted by Gasteiger charge is 2.16. The number of fused-ring (bicyclic) bond motifs is 1. The van der Waals surface area contributed by atoms with E-state index in [-0.39, 0.29) is 6.04 Å². The molecule has 3 aromatic rings. The molecular weight excluding hydrogens is 278 g/mol. The first-order chi connectivity index (χ1) is 10.3. The average Bonchev–Trinajstić information content (AvgIpc) is 2.55. The number of hydrogen-bond acceptors (Lipinski definition) is 1. The fourth-order valence-corrected chi connectivity index (χ4v) is 3.02. The molecule has 0 fully saturated rings. The molecule has 21 heavy (non-hydrogen) atoms. The second kappa shape index (κ2) is 6.30. The lowest BCUT2D eigenvalue weighted by Crippen LogP contribution is -2.22. The first-order valence-electron chi connectivity index (χ1n) is 7.26. The zero-order chi connectivity index (χ0) is 14.7. The van der Waals surface area contributed by atoms with Crippen molar-refractivity contribution in [2.75, 3.05) is 6.54 Å². The molecule has 1 N–H and O–H groups in total. The summed E-state index contributed by atoms with van der Waals surface area (Å²) in [5.41, 5.74) is 2.54. The molecule has 0 saturated carbocycles. The van der Waals surface area contributed by atoms with Crippen LogP contribution in [0.2, 0.25) is 5.02 Å². The molecule has 0 radical (unpaired) electrons. The van der Waals surface area contributed by atoms with Crippen LogP contribution < -0.4 is 5.32 Å². The topological polar surface area (TPSA) is 12.0 Å². The third-order valence-corrected chi connectivity index (χ3v) is 4.09. The summed E-state index contributed by atoms with van der Waals surface area (Å²) in [5, 5.41) is 6.70. The predicted octanol–water partition coefficient (Wildman–Crippen LogP) is 5.19. The first-order valence-corrected chi connectivity index (χ1v) is 7.64. The zero-order valence-electron chi connectivity index (χ0n) is 12.0. The summed E-state index contributed by atoms with van der Waals surface area (Å²) in [4.78, 5) is 0. The highest BCUT2D eigenvalue weighted by atomic mass is 35.5. The number of hydrogen-bond donors (Lipinski definition) is 1. The Balaban J connectivity index is 2.19. The number of benzene rings is 3. The summed E-state index contributed by atoms with van der Waals surface area (Å²) in [6.07, 6.45) is 0. The molecule has 1 nitrogen and oxygen atoms in total. The largest absolute Gasteiger partial charge is 0.307 e. The van der Waals surface area contributed by atoms with Crippen LogP contribution in [0.1, 0.15) is 24.1 Å². The van der Waals surface area contributed by atoms with Gasteiger partial charge in [-0.1, -0.05) is 79.2 Å². The fraction of sp³-hybridized carbons (Fsp3) is 0.158. The van der Waals surface area contributed by atoms with Gasteiger partial charge in [0.2, 0.25) is 0 Å². The maximum atomic E-state index is 6.34. The van der Waals surface area contributed by atoms with Gasteiger partial charge in [-0.25, -0.2) is 0 Å². The Morgan fingerprint density at radius 1 is 0.857 bits per heavy atom. The van der Waals surface area contributed by atoms with Crippen LogP contribution >= 0.6 is 11.6 Å². The smallest absolute Gasteiger partial charge is 0.0582 e. The summed E-state index contributed by atoms with van der Waals surface area (Å²) in [7, 11) is 0. The van der Waals surface area contributed by atoms with Crippen molar-refractivity contribution in [1.29, 1.82) is 0 Å². The van der Waals surface area contributed by atoms with Crippen LogP contribution in [0, 0.1) is 0 Å². The van der Waals surface area contributed by atoms with Crippen LogP contribution in [0.3, 0.4) is 0 Å². The van der Waals surface area contributed by atoms with Crippen molar-refractivity contribution in [2.45, 2.75) is 13.0 Å². The van der Waals surface area contributed by atoms with Crippen molar-refractivity contribution in [3.8, 4) is 0 Å². The van der Waals surface area contributed by atoms with E-state index in [9.17, 15) is 0 Å². The summed E-state index contributed by atoms with van der Waals surface area (Å²) in [6.45, 7) is 3.05. The van der Waals surface area contributed by atoms with Gasteiger partial charge in [-0.05, 0) is 29.1 Å². The molecule has 3 aromatic carbocycles. The van der Waals surface area contributed by atoms with Gasteiger partial charge in [0.05, 0.1) is 6.04 Å². The van der Waals surface area contributed by atoms with E-state index >= 15 is 0 Å². The highest BCUT2D eigenvalue weighted by Crippen LogP contribution is 2.32. The van der Waals surface area contributed by atoms with Gasteiger partial charge in [-0.2, -0.15) is 0 Å². The Kier molecular flexibility index (Phi) is 4.23. The predicted molar refractivity (Wildman–Crippen MR) is 90.9 cm³/mol. The minimum atomic E-state index is 0.179. The van der Waals surface area contributed by atoms with Crippen LogP contribution in [0.4, 0.5) is 0 Å². The van der Waals surface area contributed by atoms with E-state index in [1.54, 1.807) is 0 Å². The molecular formula is C19H18ClN. The zero-order valence-corrected chi connectivity index (χ0v) is 12.8. The molecule has 0 amide bonds. The Morgan fingerprint density at radius 2 is 1.52 bits per heavy atom. The summed E-state index contributed by atoms with van der Waals surface area (Å²) >= 11 is 6.34. The first kappa shape index (κ1) is 14.1. The molecule has 0 heterocycles. The van der Waals surface area contributed by atoms with Gasteiger partial charge in [0.15, 0.2) is 0 Å². The van der Waals surface area contributed by atoms with Gasteiger partial charge in [-0.15, -0.1) is 0 Å². The van der Waals surface area contributed by atoms with Crippen molar-refractivity contribution >= 4 is 22.4 Å². The van der Waals surface area contributed by atoms with Crippen LogP contribution in [0.5, 0.6) is 0 Å². The Labute approximate surface area is 130 Å². The van der Waals surface area contributed by atoms with Gasteiger partial charge in [0.1, 0.15) is 0 Å². The molecule has 106 valence electrons. The lowest BCUT2D eigenvalue weighted by Gasteiger charge is -2.21. The SMILES string of the molecule is CCNC(c1ccccc1)c1ccc(Cl)c2ccccc12. The monoisotopic (exact) mass is 295 g/mol. The number of rotatable bonds is 4. The molecule has 0 aliphatic heterocycles. The fourth-order valence-electron chi connectivity index (χ4n) is 2.79. The summed E-state index contributed by atoms with van der Waals surface area (Å²) in [6, 6.07) is 23.2. The lowest BCUT2D eigenvalue weighted by molar-refractivity contribution is 0.634. The number of halogens is 1. The second-order valence-electron chi connectivity index (χ2n) is 5.08. The minimum absolute atomic E-state index is 0.179. The molecule has 0 aliphatic carbocycles. The summed E-state index contributed by atoms with van der Waals surface area (Å²) < 4.78 is 0. The van der Waals surface area contributed by atoms with Gasteiger partial charge in [0, 0.05) is 10.4 Å². The third kappa shape index (κ3) is 2.80. The average molecular weight is 296 g/mol. The Bertz CT molecular complexity index is 737. The molecule has 0 spiro atoms. The molecule has 3 rings (SSSR count). The molecule has 0 aromatic heterocycles. The molecule has 0 bridgehead atoms. The van der Waals surface area contributed by atoms with Crippen molar-refractivity contribution in [3.63, 3.8) is 0 Å². The van der Waals surface area contributed by atoms with Crippen molar-refractivity contribution in [2.24, 2.45) is 0 Å². The minimum Gasteiger partial charge on any atom is -0.307 e. The van der Waals surface area contributed by atoms with Crippen LogP contribution in [-0.2, 0) is 0 Å². The molecule has 0 aliphatic rings. The van der Waals surface area contributed by atoms with E-state index in [4.69, 9.17) is 11.6 Å². The molecule has 1 atom stereocenters. The van der Waals surface area contributed by atoms with Crippen molar-refractivity contribution in [1.82, 2.24) is 5.32 Å². The molecule has 0 saturated heterocycles. The van der Waals surface area contributed by atoms with E-state index in [1.165, 1.54) is 16.5 Å². The maximum Gasteiger partial charge on any atom is 0.0582 e. The molecule has 2 heteroatoms. The van der Waals surface area contributed by atoms with Gasteiger partial charge in [-0.3, -0.25) is 0 Å². The van der Waals surface area contributed by atoms with E-state index in [0.29, 0.717) is 0 Å². The quantitative estimate of drug-likeness (QED) is 0.698. The Hall–Kier alpha value is -1.83. The van der Waals surface area contributed by atoms with Gasteiger partial charge >= 0.3 is 0 Å². The van der Waals surface area contributed by atoms with Gasteiger partial charge < -0.3 is 5.32 Å². The maximum absolute atomic E-state index is 6.34. The standard InChI is InChI=1S/C19H18ClN/c1-2-21-19(14-8-4-3-5-9-14)17-12-13-18(20)16-11-7-6-10-15(16)17/h3-13,19,21H,2H2,1H3. The molecule has 1 unspecified atom stereocenters. The van der Waals surface area contributed by atoms with Crippen LogP contribution in [0.25, 0.3) is 10.8 Å². The summed E-state index contributed by atoms with van der Waals surface area (Å²) in [5.74, 6) is 0. The number of nitrogens with one attached hydrogen (secondary N) is 1. The normalized spacial score (nSPS) is 12.5. The Morgan fingerprint density at radius 3 is 2.24 bits per heavy atom. The van der Waals surface area contributed by atoms with Gasteiger partial charge in [0.25, 0.3) is 0 Å². The highest BCUT2D eigenvalue weighted by molar-refractivity contribution is 6.35.